The molecule has 8 heteroatoms. The quantitative estimate of drug-likeness (QED) is 0.296. The summed E-state index contributed by atoms with van der Waals surface area (Å²) in [6.07, 6.45) is 5.53. The van der Waals surface area contributed by atoms with Gasteiger partial charge < -0.3 is 15.4 Å². The SMILES string of the molecule is CCC/C=C(OC)/C(Br)=C\C1=C(C)NC(C)N=C1N[C@H](C)c1cccc(C(C)(F)F)c1F. The molecule has 1 aliphatic rings. The average Bonchev–Trinajstić information content (AvgIpc) is 2.70. The molecule has 0 spiro atoms. The lowest BCUT2D eigenvalue weighted by molar-refractivity contribution is 0.0135. The van der Waals surface area contributed by atoms with Gasteiger partial charge in [-0.3, -0.25) is 0 Å². The van der Waals surface area contributed by atoms with E-state index >= 15 is 0 Å². The molecular formula is C24H31BrF3N3O. The van der Waals surface area contributed by atoms with Gasteiger partial charge in [0.05, 0.1) is 23.2 Å². The molecule has 2 atom stereocenters. The molecule has 1 aromatic rings. The highest BCUT2D eigenvalue weighted by atomic mass is 79.9. The Morgan fingerprint density at radius 2 is 2.09 bits per heavy atom. The normalized spacial score (nSPS) is 18.8. The lowest BCUT2D eigenvalue weighted by Crippen LogP contribution is -2.38. The van der Waals surface area contributed by atoms with Crippen molar-refractivity contribution in [2.45, 2.75) is 65.6 Å². The van der Waals surface area contributed by atoms with E-state index in [1.807, 2.05) is 26.0 Å². The number of ether oxygens (including phenoxy) is 1. The van der Waals surface area contributed by atoms with E-state index in [1.54, 1.807) is 14.0 Å². The molecule has 1 aliphatic heterocycles. The maximum atomic E-state index is 14.9. The first-order valence-electron chi connectivity index (χ1n) is 10.6. The van der Waals surface area contributed by atoms with E-state index in [0.29, 0.717) is 18.5 Å². The Hall–Kier alpha value is -2.22. The van der Waals surface area contributed by atoms with E-state index < -0.39 is 23.3 Å². The van der Waals surface area contributed by atoms with Crippen molar-refractivity contribution in [3.05, 3.63) is 68.8 Å². The lowest BCUT2D eigenvalue weighted by Gasteiger charge is -2.27. The van der Waals surface area contributed by atoms with Gasteiger partial charge in [-0.1, -0.05) is 31.5 Å². The van der Waals surface area contributed by atoms with Crippen molar-refractivity contribution in [3.8, 4) is 0 Å². The molecule has 2 rings (SSSR count). The Balaban J connectivity index is 2.40. The van der Waals surface area contributed by atoms with Crippen LogP contribution < -0.4 is 10.6 Å². The Morgan fingerprint density at radius 1 is 1.41 bits per heavy atom. The van der Waals surface area contributed by atoms with E-state index in [9.17, 15) is 13.2 Å². The molecule has 0 fully saturated rings. The number of benzene rings is 1. The third-order valence-electron chi connectivity index (χ3n) is 5.07. The predicted molar refractivity (Wildman–Crippen MR) is 127 cm³/mol. The number of methoxy groups -OCH3 is 1. The Morgan fingerprint density at radius 3 is 2.69 bits per heavy atom. The van der Waals surface area contributed by atoms with Crippen LogP contribution in [0.25, 0.3) is 0 Å². The maximum Gasteiger partial charge on any atom is 0.273 e. The van der Waals surface area contributed by atoms with E-state index in [4.69, 9.17) is 4.74 Å². The second-order valence-electron chi connectivity index (χ2n) is 7.85. The minimum atomic E-state index is -3.27. The van der Waals surface area contributed by atoms with E-state index in [-0.39, 0.29) is 11.7 Å². The van der Waals surface area contributed by atoms with Crippen molar-refractivity contribution in [2.24, 2.45) is 4.99 Å². The van der Waals surface area contributed by atoms with Gasteiger partial charge in [0.1, 0.15) is 23.6 Å². The van der Waals surface area contributed by atoms with Crippen molar-refractivity contribution >= 4 is 21.8 Å². The highest BCUT2D eigenvalue weighted by Crippen LogP contribution is 2.32. The topological polar surface area (TPSA) is 45.6 Å². The molecule has 1 heterocycles. The molecule has 32 heavy (non-hydrogen) atoms. The van der Waals surface area contributed by atoms with E-state index in [2.05, 4.69) is 38.5 Å². The summed E-state index contributed by atoms with van der Waals surface area (Å²) in [5.74, 6) is -2.94. The summed E-state index contributed by atoms with van der Waals surface area (Å²) in [4.78, 5) is 4.62. The number of hydrogen-bond donors (Lipinski definition) is 2. The van der Waals surface area contributed by atoms with Gasteiger partial charge in [0.15, 0.2) is 0 Å². The maximum absolute atomic E-state index is 14.9. The zero-order chi connectivity index (χ0) is 24.1. The molecule has 4 nitrogen and oxygen atoms in total. The first kappa shape index (κ1) is 26.0. The van der Waals surface area contributed by atoms with Gasteiger partial charge in [-0.15, -0.1) is 0 Å². The summed E-state index contributed by atoms with van der Waals surface area (Å²) >= 11 is 3.57. The number of aliphatic imine (C=N–C) groups is 1. The number of unbranched alkanes of at least 4 members (excludes halogenated alkanes) is 1. The fourth-order valence-electron chi connectivity index (χ4n) is 3.41. The minimum Gasteiger partial charge on any atom is -0.496 e. The molecule has 0 aromatic heterocycles. The number of nitrogens with zero attached hydrogens (tertiary/aromatic N) is 1. The van der Waals surface area contributed by atoms with Crippen molar-refractivity contribution in [1.29, 1.82) is 0 Å². The van der Waals surface area contributed by atoms with Crippen LogP contribution in [0.5, 0.6) is 0 Å². The Labute approximate surface area is 196 Å². The van der Waals surface area contributed by atoms with Crippen LogP contribution in [0, 0.1) is 5.82 Å². The molecule has 0 aliphatic carbocycles. The summed E-state index contributed by atoms with van der Waals surface area (Å²) in [6, 6.07) is 3.47. The molecule has 1 unspecified atom stereocenters. The number of halogens is 4. The summed E-state index contributed by atoms with van der Waals surface area (Å²) in [5, 5.41) is 6.48. The zero-order valence-corrected chi connectivity index (χ0v) is 20.9. The van der Waals surface area contributed by atoms with Crippen LogP contribution in [0.1, 0.15) is 64.6 Å². The summed E-state index contributed by atoms with van der Waals surface area (Å²) < 4.78 is 48.7. The fourth-order valence-corrected chi connectivity index (χ4v) is 3.97. The third-order valence-corrected chi connectivity index (χ3v) is 5.69. The summed E-state index contributed by atoms with van der Waals surface area (Å²) in [7, 11) is 1.60. The van der Waals surface area contributed by atoms with Crippen molar-refractivity contribution in [3.63, 3.8) is 0 Å². The smallest absolute Gasteiger partial charge is 0.273 e. The largest absolute Gasteiger partial charge is 0.496 e. The summed E-state index contributed by atoms with van der Waals surface area (Å²) in [5.41, 5.74) is 1.17. The van der Waals surface area contributed by atoms with Gasteiger partial charge in [-0.2, -0.15) is 0 Å². The van der Waals surface area contributed by atoms with Gasteiger partial charge in [-0.25, -0.2) is 18.2 Å². The molecule has 0 saturated heterocycles. The fraction of sp³-hybridized carbons (Fsp3) is 0.458. The third kappa shape index (κ3) is 6.40. The molecule has 1 aromatic carbocycles. The van der Waals surface area contributed by atoms with Gasteiger partial charge in [-0.05, 0) is 55.3 Å². The number of hydrogen-bond acceptors (Lipinski definition) is 4. The van der Waals surface area contributed by atoms with Gasteiger partial charge >= 0.3 is 0 Å². The predicted octanol–water partition coefficient (Wildman–Crippen LogP) is 6.82. The first-order valence-corrected chi connectivity index (χ1v) is 11.4. The Bertz CT molecular complexity index is 948. The molecule has 176 valence electrons. The monoisotopic (exact) mass is 513 g/mol. The average molecular weight is 514 g/mol. The minimum absolute atomic E-state index is 0.151. The number of allylic oxidation sites excluding steroid dienone is 3. The first-order chi connectivity index (χ1) is 15.0. The second-order valence-corrected chi connectivity index (χ2v) is 8.71. The van der Waals surface area contributed by atoms with Crippen LogP contribution in [0.15, 0.2) is 56.9 Å². The lowest BCUT2D eigenvalue weighted by atomic mass is 10.00. The van der Waals surface area contributed by atoms with Crippen molar-refractivity contribution < 1.29 is 17.9 Å². The highest BCUT2D eigenvalue weighted by molar-refractivity contribution is 9.12. The molecule has 2 N–H and O–H groups in total. The molecular weight excluding hydrogens is 483 g/mol. The van der Waals surface area contributed by atoms with Crippen LogP contribution in [0.4, 0.5) is 13.2 Å². The number of alkyl halides is 2. The molecule has 0 saturated carbocycles. The van der Waals surface area contributed by atoms with Crippen LogP contribution in [-0.4, -0.2) is 19.1 Å². The van der Waals surface area contributed by atoms with Crippen molar-refractivity contribution in [2.75, 3.05) is 7.11 Å². The van der Waals surface area contributed by atoms with E-state index in [1.165, 1.54) is 12.1 Å². The van der Waals surface area contributed by atoms with Gasteiger partial charge in [0.25, 0.3) is 5.92 Å². The second kappa shape index (κ2) is 11.1. The van der Waals surface area contributed by atoms with Crippen LogP contribution in [0.3, 0.4) is 0 Å². The van der Waals surface area contributed by atoms with Crippen LogP contribution >= 0.6 is 15.9 Å². The molecule has 0 radical (unpaired) electrons. The van der Waals surface area contributed by atoms with Crippen LogP contribution in [-0.2, 0) is 10.7 Å². The number of rotatable bonds is 8. The number of amidine groups is 1. The van der Waals surface area contributed by atoms with Gasteiger partial charge in [0.2, 0.25) is 0 Å². The molecule has 0 amide bonds. The highest BCUT2D eigenvalue weighted by Gasteiger charge is 2.30. The Kier molecular flexibility index (Phi) is 9.01. The zero-order valence-electron chi connectivity index (χ0n) is 19.3. The van der Waals surface area contributed by atoms with Gasteiger partial charge in [0, 0.05) is 23.8 Å². The molecule has 0 bridgehead atoms. The standard InChI is InChI=1S/C24H31BrF3N3O/c1-7-8-12-21(32-6)20(25)13-18-15(3)29-16(4)31-23(18)30-14(2)17-10-9-11-19(22(17)26)24(5,27)28/h9-14,16,29H,7-8H2,1-6H3,(H,30,31)/b20-13+,21-12-/t14-,16?/m1/s1. The summed E-state index contributed by atoms with van der Waals surface area (Å²) in [6.45, 7) is 8.31. The van der Waals surface area contributed by atoms with Crippen molar-refractivity contribution in [1.82, 2.24) is 10.6 Å². The number of nitrogens with one attached hydrogen (secondary N) is 2. The van der Waals surface area contributed by atoms with Crippen LogP contribution in [0.2, 0.25) is 0 Å². The van der Waals surface area contributed by atoms with E-state index in [0.717, 1.165) is 34.7 Å².